The average Bonchev–Trinajstić information content (AvgIpc) is 2.92. The molecule has 0 unspecified atom stereocenters. The van der Waals surface area contributed by atoms with Gasteiger partial charge in [-0.25, -0.2) is 0 Å². The van der Waals surface area contributed by atoms with Gasteiger partial charge in [0.2, 0.25) is 0 Å². The maximum Gasteiger partial charge on any atom is 0.573 e. The van der Waals surface area contributed by atoms with Crippen molar-refractivity contribution in [3.8, 4) is 23.0 Å². The minimum absolute atomic E-state index is 0.246. The van der Waals surface area contributed by atoms with Crippen LogP contribution in [0.4, 0.5) is 13.2 Å². The third kappa shape index (κ3) is 4.53. The molecule has 2 heterocycles. The molecule has 11 heteroatoms. The van der Waals surface area contributed by atoms with Gasteiger partial charge in [0.25, 0.3) is 0 Å². The van der Waals surface area contributed by atoms with Crippen LogP contribution in [0.2, 0.25) is 0 Å². The van der Waals surface area contributed by atoms with E-state index < -0.39 is 27.5 Å². The lowest BCUT2D eigenvalue weighted by Crippen LogP contribution is -2.21. The first-order chi connectivity index (χ1) is 12.9. The zero-order valence-electron chi connectivity index (χ0n) is 14.9. The molecule has 0 bridgehead atoms. The number of hydrogen-bond donors (Lipinski definition) is 0. The van der Waals surface area contributed by atoms with Gasteiger partial charge in [0.1, 0.15) is 10.6 Å². The number of aryl methyl sites for hydroxylation is 1. The number of thiophene rings is 1. The first-order valence-corrected chi connectivity index (χ1v) is 10.3. The lowest BCUT2D eigenvalue weighted by Gasteiger charge is -2.12. The van der Waals surface area contributed by atoms with Gasteiger partial charge in [-0.3, -0.25) is 0 Å². The molecule has 0 saturated carbocycles. The SMILES string of the molecule is Cc1cc2c(-c3cccc(OC(F)(F)F)c3)nc(OS(=O)(=O)C(C)C)nc2s1. The molecule has 0 aliphatic rings. The van der Waals surface area contributed by atoms with E-state index in [1.54, 1.807) is 12.1 Å². The Morgan fingerprint density at radius 3 is 2.50 bits per heavy atom. The molecule has 0 spiro atoms. The zero-order chi connectivity index (χ0) is 20.7. The highest BCUT2D eigenvalue weighted by Gasteiger charge is 2.31. The molecule has 2 aromatic heterocycles. The van der Waals surface area contributed by atoms with Crippen LogP contribution in [-0.2, 0) is 10.1 Å². The molecule has 3 aromatic rings. The fraction of sp³-hybridized carbons (Fsp3) is 0.294. The highest BCUT2D eigenvalue weighted by atomic mass is 32.2. The Labute approximate surface area is 163 Å². The van der Waals surface area contributed by atoms with Crippen LogP contribution in [0.15, 0.2) is 30.3 Å². The van der Waals surface area contributed by atoms with Crippen molar-refractivity contribution in [2.45, 2.75) is 32.4 Å². The maximum atomic E-state index is 12.5. The minimum Gasteiger partial charge on any atom is -0.406 e. The van der Waals surface area contributed by atoms with Gasteiger partial charge in [-0.15, -0.1) is 24.5 Å². The largest absolute Gasteiger partial charge is 0.573 e. The van der Waals surface area contributed by atoms with Crippen molar-refractivity contribution in [2.75, 3.05) is 0 Å². The molecule has 3 rings (SSSR count). The Kier molecular flexibility index (Phi) is 5.24. The molecule has 0 saturated heterocycles. The molecule has 150 valence electrons. The van der Waals surface area contributed by atoms with Gasteiger partial charge < -0.3 is 8.92 Å². The summed E-state index contributed by atoms with van der Waals surface area (Å²) in [5.41, 5.74) is 0.551. The lowest BCUT2D eigenvalue weighted by molar-refractivity contribution is -0.274. The minimum atomic E-state index is -4.84. The summed E-state index contributed by atoms with van der Waals surface area (Å²) in [5, 5.41) is -0.246. The van der Waals surface area contributed by atoms with Gasteiger partial charge in [-0.05, 0) is 39.0 Å². The first-order valence-electron chi connectivity index (χ1n) is 8.02. The van der Waals surface area contributed by atoms with E-state index in [2.05, 4.69) is 14.7 Å². The molecule has 0 aliphatic carbocycles. The maximum absolute atomic E-state index is 12.5. The second-order valence-corrected chi connectivity index (χ2v) is 9.46. The highest BCUT2D eigenvalue weighted by molar-refractivity contribution is 7.87. The summed E-state index contributed by atoms with van der Waals surface area (Å²) in [6.07, 6.45) is -4.84. The van der Waals surface area contributed by atoms with Crippen LogP contribution in [0.3, 0.4) is 0 Å². The molecule has 6 nitrogen and oxygen atoms in total. The molecule has 1 aromatic carbocycles. The second kappa shape index (κ2) is 7.21. The summed E-state index contributed by atoms with van der Waals surface area (Å²) >= 11 is 1.29. The molecule has 0 fully saturated rings. The highest BCUT2D eigenvalue weighted by Crippen LogP contribution is 2.35. The van der Waals surface area contributed by atoms with Crippen LogP contribution in [0.25, 0.3) is 21.5 Å². The summed E-state index contributed by atoms with van der Waals surface area (Å²) in [4.78, 5) is 9.60. The van der Waals surface area contributed by atoms with Crippen LogP contribution in [0, 0.1) is 6.92 Å². The number of aromatic nitrogens is 2. The number of hydrogen-bond acceptors (Lipinski definition) is 7. The molecule has 28 heavy (non-hydrogen) atoms. The Bertz CT molecular complexity index is 1130. The number of rotatable bonds is 5. The lowest BCUT2D eigenvalue weighted by atomic mass is 10.1. The summed E-state index contributed by atoms with van der Waals surface area (Å²) in [7, 11) is -3.94. The van der Waals surface area contributed by atoms with E-state index in [4.69, 9.17) is 4.18 Å². The standard InChI is InChI=1S/C17H15F3N2O4S2/c1-9(2)28(23,24)26-16-21-14(13-7-10(3)27-15(13)22-16)11-5-4-6-12(8-11)25-17(18,19)20/h4-9H,1-3H3. The van der Waals surface area contributed by atoms with E-state index >= 15 is 0 Å². The molecule has 0 radical (unpaired) electrons. The van der Waals surface area contributed by atoms with Crippen molar-refractivity contribution in [1.82, 2.24) is 9.97 Å². The van der Waals surface area contributed by atoms with Crippen molar-refractivity contribution in [3.63, 3.8) is 0 Å². The summed E-state index contributed by atoms with van der Waals surface area (Å²) in [5.74, 6) is -0.416. The van der Waals surface area contributed by atoms with E-state index in [1.807, 2.05) is 6.92 Å². The zero-order valence-corrected chi connectivity index (χ0v) is 16.6. The van der Waals surface area contributed by atoms with Crippen molar-refractivity contribution in [3.05, 3.63) is 35.2 Å². The van der Waals surface area contributed by atoms with Crippen molar-refractivity contribution < 1.29 is 30.5 Å². The van der Waals surface area contributed by atoms with Gasteiger partial charge in [0, 0.05) is 15.8 Å². The van der Waals surface area contributed by atoms with Gasteiger partial charge in [0.05, 0.1) is 10.9 Å². The molecular weight excluding hydrogens is 417 g/mol. The van der Waals surface area contributed by atoms with E-state index in [1.165, 1.54) is 37.3 Å². The first kappa shape index (κ1) is 20.3. The quantitative estimate of drug-likeness (QED) is 0.545. The van der Waals surface area contributed by atoms with E-state index in [0.29, 0.717) is 15.8 Å². The van der Waals surface area contributed by atoms with Crippen LogP contribution in [0.1, 0.15) is 18.7 Å². The van der Waals surface area contributed by atoms with Crippen LogP contribution in [-0.4, -0.2) is 30.0 Å². The van der Waals surface area contributed by atoms with E-state index in [-0.39, 0.29) is 11.7 Å². The Morgan fingerprint density at radius 2 is 1.86 bits per heavy atom. The Morgan fingerprint density at radius 1 is 1.14 bits per heavy atom. The number of benzene rings is 1. The number of fused-ring (bicyclic) bond motifs is 1. The van der Waals surface area contributed by atoms with Gasteiger partial charge >= 0.3 is 22.5 Å². The van der Waals surface area contributed by atoms with Crippen molar-refractivity contribution in [2.24, 2.45) is 0 Å². The molecule has 0 amide bonds. The normalized spacial score (nSPS) is 12.5. The predicted molar refractivity (Wildman–Crippen MR) is 99.0 cm³/mol. The van der Waals surface area contributed by atoms with Crippen molar-refractivity contribution >= 4 is 31.7 Å². The number of halogens is 3. The van der Waals surface area contributed by atoms with Gasteiger partial charge in [-0.1, -0.05) is 12.1 Å². The molecule has 0 aliphatic heterocycles. The fourth-order valence-electron chi connectivity index (χ4n) is 2.32. The Hall–Kier alpha value is -2.40. The van der Waals surface area contributed by atoms with E-state index in [9.17, 15) is 21.6 Å². The Balaban J connectivity index is 2.13. The fourth-order valence-corrected chi connectivity index (χ4v) is 3.67. The third-order valence-electron chi connectivity index (χ3n) is 3.60. The van der Waals surface area contributed by atoms with Crippen LogP contribution >= 0.6 is 11.3 Å². The smallest absolute Gasteiger partial charge is 0.406 e. The van der Waals surface area contributed by atoms with E-state index in [0.717, 1.165) is 10.9 Å². The van der Waals surface area contributed by atoms with Crippen LogP contribution in [0.5, 0.6) is 11.8 Å². The molecule has 0 atom stereocenters. The van der Waals surface area contributed by atoms with Gasteiger partial charge in [0.15, 0.2) is 0 Å². The predicted octanol–water partition coefficient (Wildman–Crippen LogP) is 4.68. The van der Waals surface area contributed by atoms with Crippen molar-refractivity contribution in [1.29, 1.82) is 0 Å². The molecule has 0 N–H and O–H groups in total. The average molecular weight is 432 g/mol. The monoisotopic (exact) mass is 432 g/mol. The summed E-state index contributed by atoms with van der Waals surface area (Å²) < 4.78 is 70.6. The summed E-state index contributed by atoms with van der Waals surface area (Å²) in [6, 6.07) is 6.64. The number of alkyl halides is 3. The topological polar surface area (TPSA) is 78.4 Å². The summed E-state index contributed by atoms with van der Waals surface area (Å²) in [6.45, 7) is 4.72. The van der Waals surface area contributed by atoms with Crippen LogP contribution < -0.4 is 8.92 Å². The number of ether oxygens (including phenoxy) is 1. The number of nitrogens with zero attached hydrogens (tertiary/aromatic N) is 2. The van der Waals surface area contributed by atoms with Gasteiger partial charge in [-0.2, -0.15) is 18.4 Å². The second-order valence-electron chi connectivity index (χ2n) is 6.13. The third-order valence-corrected chi connectivity index (χ3v) is 6.08. The molecular formula is C17H15F3N2O4S2.